The molecule has 0 aromatic carbocycles. The van der Waals surface area contributed by atoms with E-state index in [2.05, 4.69) is 10.0 Å². The number of ether oxygens (including phenoxy) is 1. The summed E-state index contributed by atoms with van der Waals surface area (Å²) in [7, 11) is -3.09. The first kappa shape index (κ1) is 17.9. The molecular formula is C14H30N2O3S. The van der Waals surface area contributed by atoms with Crippen LogP contribution in [0.3, 0.4) is 0 Å². The van der Waals surface area contributed by atoms with Crippen LogP contribution in [0.15, 0.2) is 0 Å². The highest BCUT2D eigenvalue weighted by Crippen LogP contribution is 2.18. The Balaban J connectivity index is 1.91. The fourth-order valence-electron chi connectivity index (χ4n) is 1.86. The smallest absolute Gasteiger partial charge is 0.211 e. The lowest BCUT2D eigenvalue weighted by atomic mass is 10.3. The van der Waals surface area contributed by atoms with Crippen molar-refractivity contribution in [2.45, 2.75) is 64.5 Å². The second kappa shape index (κ2) is 9.71. The molecule has 0 aromatic heterocycles. The molecule has 0 unspecified atom stereocenters. The third-order valence-corrected chi connectivity index (χ3v) is 4.66. The van der Waals surface area contributed by atoms with Crippen LogP contribution in [-0.2, 0) is 14.8 Å². The molecule has 5 nitrogen and oxygen atoms in total. The van der Waals surface area contributed by atoms with E-state index in [9.17, 15) is 8.42 Å². The van der Waals surface area contributed by atoms with Gasteiger partial charge >= 0.3 is 0 Å². The van der Waals surface area contributed by atoms with E-state index in [-0.39, 0.29) is 11.9 Å². The molecule has 0 saturated heterocycles. The minimum atomic E-state index is -3.09. The summed E-state index contributed by atoms with van der Waals surface area (Å²) in [5.74, 6) is 0.238. The normalized spacial score (nSPS) is 15.9. The summed E-state index contributed by atoms with van der Waals surface area (Å²) in [4.78, 5) is 0. The molecule has 1 aliphatic rings. The quantitative estimate of drug-likeness (QED) is 0.508. The summed E-state index contributed by atoms with van der Waals surface area (Å²) >= 11 is 0. The van der Waals surface area contributed by atoms with Crippen LogP contribution >= 0.6 is 0 Å². The number of sulfonamides is 1. The Hall–Kier alpha value is -0.170. The molecule has 0 spiro atoms. The second-order valence-electron chi connectivity index (χ2n) is 5.78. The van der Waals surface area contributed by atoms with Gasteiger partial charge in [-0.05, 0) is 58.9 Å². The topological polar surface area (TPSA) is 67.4 Å². The highest BCUT2D eigenvalue weighted by Gasteiger charge is 2.19. The Morgan fingerprint density at radius 1 is 1.10 bits per heavy atom. The largest absolute Gasteiger partial charge is 0.379 e. The number of rotatable bonds is 13. The van der Waals surface area contributed by atoms with Crippen molar-refractivity contribution in [3.05, 3.63) is 0 Å². The molecule has 0 heterocycles. The van der Waals surface area contributed by atoms with Gasteiger partial charge in [0.15, 0.2) is 0 Å². The van der Waals surface area contributed by atoms with Crippen molar-refractivity contribution >= 4 is 10.0 Å². The minimum Gasteiger partial charge on any atom is -0.379 e. The van der Waals surface area contributed by atoms with E-state index >= 15 is 0 Å². The van der Waals surface area contributed by atoms with E-state index in [4.69, 9.17) is 4.74 Å². The highest BCUT2D eigenvalue weighted by molar-refractivity contribution is 7.89. The lowest BCUT2D eigenvalue weighted by Gasteiger charge is -2.08. The van der Waals surface area contributed by atoms with Crippen molar-refractivity contribution in [2.75, 3.05) is 25.4 Å². The lowest BCUT2D eigenvalue weighted by molar-refractivity contribution is 0.0762. The Morgan fingerprint density at radius 2 is 1.80 bits per heavy atom. The van der Waals surface area contributed by atoms with Crippen molar-refractivity contribution < 1.29 is 13.2 Å². The van der Waals surface area contributed by atoms with Gasteiger partial charge in [0, 0.05) is 19.2 Å². The van der Waals surface area contributed by atoms with Crippen molar-refractivity contribution in [2.24, 2.45) is 0 Å². The van der Waals surface area contributed by atoms with Gasteiger partial charge in [0.05, 0.1) is 11.9 Å². The van der Waals surface area contributed by atoms with E-state index in [1.54, 1.807) is 0 Å². The molecule has 0 amide bonds. The number of hydrogen-bond acceptors (Lipinski definition) is 4. The maximum absolute atomic E-state index is 11.7. The van der Waals surface area contributed by atoms with Crippen molar-refractivity contribution in [1.82, 2.24) is 10.0 Å². The zero-order chi connectivity index (χ0) is 14.8. The third kappa shape index (κ3) is 10.6. The molecular weight excluding hydrogens is 276 g/mol. The Morgan fingerprint density at radius 3 is 2.45 bits per heavy atom. The van der Waals surface area contributed by atoms with Crippen molar-refractivity contribution in [3.63, 3.8) is 0 Å². The molecule has 0 radical (unpaired) electrons. The lowest BCUT2D eigenvalue weighted by Crippen LogP contribution is -2.28. The summed E-state index contributed by atoms with van der Waals surface area (Å²) in [6, 6.07) is 0.706. The Labute approximate surface area is 123 Å². The van der Waals surface area contributed by atoms with Crippen molar-refractivity contribution in [1.29, 1.82) is 0 Å². The average Bonchev–Trinajstić information content (AvgIpc) is 3.16. The number of nitrogens with one attached hydrogen (secondary N) is 2. The zero-order valence-electron chi connectivity index (χ0n) is 12.9. The highest BCUT2D eigenvalue weighted by atomic mass is 32.2. The van der Waals surface area contributed by atoms with Crippen LogP contribution in [0.4, 0.5) is 0 Å². The van der Waals surface area contributed by atoms with Gasteiger partial charge in [0.25, 0.3) is 0 Å². The molecule has 0 atom stereocenters. The van der Waals surface area contributed by atoms with Gasteiger partial charge in [-0.2, -0.15) is 0 Å². The number of unbranched alkanes of at least 4 members (excludes halogenated alkanes) is 2. The summed E-state index contributed by atoms with van der Waals surface area (Å²) in [6.45, 7) is 6.16. The first-order valence-corrected chi connectivity index (χ1v) is 9.47. The molecule has 1 saturated carbocycles. The Kier molecular flexibility index (Phi) is 8.68. The molecule has 120 valence electrons. The van der Waals surface area contributed by atoms with Crippen LogP contribution < -0.4 is 10.0 Å². The second-order valence-corrected chi connectivity index (χ2v) is 7.70. The molecule has 1 aliphatic carbocycles. The first-order valence-electron chi connectivity index (χ1n) is 7.82. The first-order chi connectivity index (χ1) is 9.49. The fraction of sp³-hybridized carbons (Fsp3) is 1.00. The molecule has 1 rings (SSSR count). The minimum absolute atomic E-state index is 0.238. The Bertz CT molecular complexity index is 340. The molecule has 20 heavy (non-hydrogen) atoms. The van der Waals surface area contributed by atoms with Gasteiger partial charge in [0.2, 0.25) is 10.0 Å². The SMILES string of the molecule is CC(C)OCCCCNS(=O)(=O)CCCCNC1CC1. The van der Waals surface area contributed by atoms with E-state index < -0.39 is 10.0 Å². The van der Waals surface area contributed by atoms with Gasteiger partial charge in [-0.25, -0.2) is 13.1 Å². The van der Waals surface area contributed by atoms with Crippen LogP contribution in [0.25, 0.3) is 0 Å². The van der Waals surface area contributed by atoms with Crippen LogP contribution in [0.1, 0.15) is 52.4 Å². The van der Waals surface area contributed by atoms with Crippen LogP contribution in [0.5, 0.6) is 0 Å². The van der Waals surface area contributed by atoms with Gasteiger partial charge in [0.1, 0.15) is 0 Å². The number of hydrogen-bond donors (Lipinski definition) is 2. The van der Waals surface area contributed by atoms with Crippen molar-refractivity contribution in [3.8, 4) is 0 Å². The van der Waals surface area contributed by atoms with Gasteiger partial charge in [-0.15, -0.1) is 0 Å². The molecule has 1 fully saturated rings. The van der Waals surface area contributed by atoms with Gasteiger partial charge in [-0.3, -0.25) is 0 Å². The zero-order valence-corrected chi connectivity index (χ0v) is 13.7. The van der Waals surface area contributed by atoms with E-state index in [0.717, 1.165) is 32.2 Å². The predicted octanol–water partition coefficient (Wildman–Crippen LogP) is 1.64. The summed E-state index contributed by atoms with van der Waals surface area (Å²) in [5.41, 5.74) is 0. The molecule has 2 N–H and O–H groups in total. The van der Waals surface area contributed by atoms with Crippen LogP contribution in [0, 0.1) is 0 Å². The molecule has 0 aliphatic heterocycles. The maximum atomic E-state index is 11.7. The molecule has 0 aromatic rings. The van der Waals surface area contributed by atoms with Crippen LogP contribution in [-0.4, -0.2) is 46.0 Å². The third-order valence-electron chi connectivity index (χ3n) is 3.19. The van der Waals surface area contributed by atoms with E-state index in [0.29, 0.717) is 19.2 Å². The molecule has 6 heteroatoms. The summed E-state index contributed by atoms with van der Waals surface area (Å²) < 4.78 is 31.5. The maximum Gasteiger partial charge on any atom is 0.211 e. The van der Waals surface area contributed by atoms with Crippen LogP contribution in [0.2, 0.25) is 0 Å². The summed E-state index contributed by atoms with van der Waals surface area (Å²) in [6.07, 6.45) is 6.18. The van der Waals surface area contributed by atoms with E-state index in [1.807, 2.05) is 13.8 Å². The van der Waals surface area contributed by atoms with Gasteiger partial charge < -0.3 is 10.1 Å². The standard InChI is InChI=1S/C14H30N2O3S/c1-13(2)19-11-5-3-10-16-20(17,18)12-6-4-9-15-14-7-8-14/h13-16H,3-12H2,1-2H3. The fourth-order valence-corrected chi connectivity index (χ4v) is 3.04. The molecule has 0 bridgehead atoms. The van der Waals surface area contributed by atoms with E-state index in [1.165, 1.54) is 12.8 Å². The summed E-state index contributed by atoms with van der Waals surface area (Å²) in [5, 5.41) is 3.39. The average molecular weight is 306 g/mol. The van der Waals surface area contributed by atoms with Gasteiger partial charge in [-0.1, -0.05) is 0 Å². The predicted molar refractivity (Wildman–Crippen MR) is 82.4 cm³/mol. The monoisotopic (exact) mass is 306 g/mol.